The number of aliphatic hydroxyl groups excluding tert-OH is 3. The van der Waals surface area contributed by atoms with Crippen molar-refractivity contribution in [1.29, 1.82) is 0 Å². The van der Waals surface area contributed by atoms with E-state index < -0.39 is 24.0 Å². The quantitative estimate of drug-likeness (QED) is 0.622. The van der Waals surface area contributed by atoms with Gasteiger partial charge in [-0.05, 0) is 18.6 Å². The molecule has 29 heavy (non-hydrogen) atoms. The first kappa shape index (κ1) is 19.9. The van der Waals surface area contributed by atoms with Crippen LogP contribution in [0.5, 0.6) is 5.88 Å². The summed E-state index contributed by atoms with van der Waals surface area (Å²) in [6.45, 7) is 6.43. The Bertz CT molecular complexity index is 955. The van der Waals surface area contributed by atoms with E-state index in [1.807, 2.05) is 24.3 Å². The first-order valence-corrected chi connectivity index (χ1v) is 9.99. The predicted molar refractivity (Wildman–Crippen MR) is 110 cm³/mol. The molecule has 1 saturated carbocycles. The fraction of sp³-hybridized carbons (Fsp3) is 0.500. The van der Waals surface area contributed by atoms with Crippen LogP contribution in [0.2, 0.25) is 0 Å². The molecule has 0 radical (unpaired) electrons. The van der Waals surface area contributed by atoms with Gasteiger partial charge in [0.25, 0.3) is 0 Å². The Kier molecular flexibility index (Phi) is 4.72. The lowest BCUT2D eigenvalue weighted by Crippen LogP contribution is -2.53. The molecule has 1 aromatic carbocycles. The normalized spacial score (nSPS) is 29.2. The highest BCUT2D eigenvalue weighted by molar-refractivity contribution is 5.70. The second-order valence-electron chi connectivity index (χ2n) is 8.60. The maximum absolute atomic E-state index is 10.9. The minimum Gasteiger partial charge on any atom is -0.493 e. The van der Waals surface area contributed by atoms with Gasteiger partial charge in [0.2, 0.25) is 5.88 Å². The topological polar surface area (TPSA) is 102 Å². The molecule has 4 rings (SSSR count). The Morgan fingerprint density at radius 1 is 1.17 bits per heavy atom. The lowest BCUT2D eigenvalue weighted by Gasteiger charge is -2.46. The van der Waals surface area contributed by atoms with Gasteiger partial charge in [-0.25, -0.2) is 4.68 Å². The first-order chi connectivity index (χ1) is 13.7. The van der Waals surface area contributed by atoms with Crippen molar-refractivity contribution in [3.05, 3.63) is 52.9 Å². The average Bonchev–Trinajstić information content (AvgIpc) is 3.05. The number of hydrogen-bond donors (Lipinski definition) is 4. The fourth-order valence-corrected chi connectivity index (χ4v) is 4.99. The Hall–Kier alpha value is -2.35. The Labute approximate surface area is 170 Å². The summed E-state index contributed by atoms with van der Waals surface area (Å²) >= 11 is 0. The Balaban J connectivity index is 1.69. The molecule has 1 fully saturated rings. The third kappa shape index (κ3) is 2.79. The van der Waals surface area contributed by atoms with Crippen LogP contribution in [-0.4, -0.2) is 55.6 Å². The number of nitrogens with zero attached hydrogens (tertiary/aromatic N) is 3. The molecule has 2 aliphatic rings. The third-order valence-corrected chi connectivity index (χ3v) is 6.57. The molecule has 2 heterocycles. The summed E-state index contributed by atoms with van der Waals surface area (Å²) in [7, 11) is 1.63. The molecule has 4 N–H and O–H groups in total. The Morgan fingerprint density at radius 2 is 1.83 bits per heavy atom. The van der Waals surface area contributed by atoms with Crippen LogP contribution < -0.4 is 4.90 Å². The highest BCUT2D eigenvalue weighted by atomic mass is 16.3. The molecular weight excluding hydrogens is 370 g/mol. The van der Waals surface area contributed by atoms with Crippen molar-refractivity contribution in [2.75, 3.05) is 18.1 Å². The number of aromatic hydroxyl groups is 1. The van der Waals surface area contributed by atoms with E-state index in [0.29, 0.717) is 17.8 Å². The van der Waals surface area contributed by atoms with Gasteiger partial charge in [0.15, 0.2) is 0 Å². The predicted octanol–water partition coefficient (Wildman–Crippen LogP) is 1.54. The van der Waals surface area contributed by atoms with Gasteiger partial charge < -0.3 is 25.3 Å². The molecule has 1 aromatic heterocycles. The van der Waals surface area contributed by atoms with Gasteiger partial charge in [0.1, 0.15) is 0 Å². The van der Waals surface area contributed by atoms with Crippen molar-refractivity contribution in [3.63, 3.8) is 0 Å². The zero-order valence-electron chi connectivity index (χ0n) is 17.2. The number of hydrogen-bond acceptors (Lipinski definition) is 6. The number of allylic oxidation sites excluding steroid dienone is 1. The number of benzene rings is 1. The molecule has 1 aliphatic heterocycles. The number of aliphatic hydroxyl groups is 3. The first-order valence-electron chi connectivity index (χ1n) is 9.99. The van der Waals surface area contributed by atoms with Crippen molar-refractivity contribution in [1.82, 2.24) is 9.78 Å². The lowest BCUT2D eigenvalue weighted by atomic mass is 9.64. The highest BCUT2D eigenvalue weighted by Crippen LogP contribution is 2.51. The molecule has 2 aromatic rings. The average molecular weight is 399 g/mol. The molecule has 7 heteroatoms. The molecular formula is C22H29N3O4. The summed E-state index contributed by atoms with van der Waals surface area (Å²) in [5, 5.41) is 45.9. The number of aryl methyl sites for hydroxylation is 2. The van der Waals surface area contributed by atoms with E-state index in [4.69, 9.17) is 0 Å². The van der Waals surface area contributed by atoms with Gasteiger partial charge in [-0.3, -0.25) is 0 Å². The largest absolute Gasteiger partial charge is 0.493 e. The van der Waals surface area contributed by atoms with Crippen LogP contribution >= 0.6 is 0 Å². The van der Waals surface area contributed by atoms with Crippen LogP contribution in [0.1, 0.15) is 36.6 Å². The van der Waals surface area contributed by atoms with Crippen molar-refractivity contribution >= 4 is 5.69 Å². The van der Waals surface area contributed by atoms with Gasteiger partial charge in [0.05, 0.1) is 24.5 Å². The smallest absolute Gasteiger partial charge is 0.213 e. The second-order valence-corrected chi connectivity index (χ2v) is 8.60. The van der Waals surface area contributed by atoms with E-state index >= 15 is 0 Å². The number of fused-ring (bicyclic) bond motifs is 1. The van der Waals surface area contributed by atoms with Crippen LogP contribution in [0.3, 0.4) is 0 Å². The maximum atomic E-state index is 10.9. The monoisotopic (exact) mass is 399 g/mol. The molecule has 7 nitrogen and oxygen atoms in total. The van der Waals surface area contributed by atoms with Gasteiger partial charge in [-0.2, -0.15) is 5.10 Å². The van der Waals surface area contributed by atoms with Gasteiger partial charge >= 0.3 is 0 Å². The van der Waals surface area contributed by atoms with E-state index in [1.165, 1.54) is 4.68 Å². The number of rotatable bonds is 4. The molecule has 0 amide bonds. The lowest BCUT2D eigenvalue weighted by molar-refractivity contribution is -0.0955. The summed E-state index contributed by atoms with van der Waals surface area (Å²) in [6.07, 6.45) is 0.271. The Morgan fingerprint density at radius 3 is 2.41 bits per heavy atom. The molecule has 0 bridgehead atoms. The molecule has 2 unspecified atom stereocenters. The van der Waals surface area contributed by atoms with E-state index in [9.17, 15) is 20.4 Å². The SMILES string of the molecule is Cc1nn(C)c(O)c1C1C(O)C(C=C2N(CCO)c3ccccc3C2(C)C)C1O. The number of β-amino-alcohol motifs (C(OH)–C–C–N with tert-alkyl or cyclic N) is 1. The molecule has 2 atom stereocenters. The summed E-state index contributed by atoms with van der Waals surface area (Å²) < 4.78 is 1.36. The van der Waals surface area contributed by atoms with E-state index in [1.54, 1.807) is 14.0 Å². The molecule has 0 saturated heterocycles. The van der Waals surface area contributed by atoms with E-state index in [0.717, 1.165) is 16.9 Å². The number of anilines is 1. The second kappa shape index (κ2) is 6.86. The van der Waals surface area contributed by atoms with Crippen LogP contribution in [0.4, 0.5) is 5.69 Å². The molecule has 156 valence electrons. The minimum absolute atomic E-state index is 0.00288. The molecule has 1 aliphatic carbocycles. The van der Waals surface area contributed by atoms with Gasteiger partial charge in [-0.1, -0.05) is 38.1 Å². The highest BCUT2D eigenvalue weighted by Gasteiger charge is 2.52. The standard InChI is InChI=1S/C22H29N3O4/c1-12-17(21(29)24(4)23-12)18-19(27)13(20(18)28)11-16-22(2,3)14-7-5-6-8-15(14)25(16)9-10-26/h5-8,11,13,18-20,26-29H,9-10H2,1-4H3. The van der Waals surface area contributed by atoms with Crippen LogP contribution in [0.15, 0.2) is 36.0 Å². The van der Waals surface area contributed by atoms with Crippen molar-refractivity contribution in [2.45, 2.75) is 44.3 Å². The molecule has 0 spiro atoms. The van der Waals surface area contributed by atoms with Crippen molar-refractivity contribution in [3.8, 4) is 5.88 Å². The van der Waals surface area contributed by atoms with Gasteiger partial charge in [-0.15, -0.1) is 0 Å². The van der Waals surface area contributed by atoms with Crippen LogP contribution in [-0.2, 0) is 12.5 Å². The zero-order chi connectivity index (χ0) is 21.1. The summed E-state index contributed by atoms with van der Waals surface area (Å²) in [5.74, 6) is -1.07. The number of aromatic nitrogens is 2. The van der Waals surface area contributed by atoms with Gasteiger partial charge in [0, 0.05) is 47.8 Å². The summed E-state index contributed by atoms with van der Waals surface area (Å²) in [4.78, 5) is 2.06. The van der Waals surface area contributed by atoms with Crippen molar-refractivity contribution < 1.29 is 20.4 Å². The van der Waals surface area contributed by atoms with Crippen LogP contribution in [0.25, 0.3) is 0 Å². The maximum Gasteiger partial charge on any atom is 0.213 e. The van der Waals surface area contributed by atoms with Crippen LogP contribution in [0, 0.1) is 12.8 Å². The summed E-state index contributed by atoms with van der Waals surface area (Å²) in [5.41, 5.74) is 3.95. The van der Waals surface area contributed by atoms with E-state index in [2.05, 4.69) is 29.9 Å². The van der Waals surface area contributed by atoms with E-state index in [-0.39, 0.29) is 17.9 Å². The number of para-hydroxylation sites is 1. The third-order valence-electron chi connectivity index (χ3n) is 6.57. The minimum atomic E-state index is -0.832. The fourth-order valence-electron chi connectivity index (χ4n) is 4.99. The summed E-state index contributed by atoms with van der Waals surface area (Å²) in [6, 6.07) is 8.08. The van der Waals surface area contributed by atoms with Crippen molar-refractivity contribution in [2.24, 2.45) is 13.0 Å². The zero-order valence-corrected chi connectivity index (χ0v) is 17.2.